The highest BCUT2D eigenvalue weighted by Gasteiger charge is 2.10. The molecule has 0 atom stereocenters. The molecule has 0 bridgehead atoms. The highest BCUT2D eigenvalue weighted by Crippen LogP contribution is 2.15. The molecule has 1 heterocycles. The van der Waals surface area contributed by atoms with E-state index in [1.165, 1.54) is 87.6 Å². The average molecular weight is 326 g/mol. The molecule has 0 unspecified atom stereocenters. The van der Waals surface area contributed by atoms with Crippen LogP contribution in [0.5, 0.6) is 0 Å². The zero-order valence-corrected chi connectivity index (χ0v) is 15.0. The van der Waals surface area contributed by atoms with Crippen LogP contribution in [0, 0.1) is 0 Å². The second-order valence-electron chi connectivity index (χ2n) is 5.24. The molecule has 4 heteroatoms. The summed E-state index contributed by atoms with van der Waals surface area (Å²) >= 11 is 4.26. The van der Waals surface area contributed by atoms with Crippen LogP contribution >= 0.6 is 35.9 Å². The molecule has 0 N–H and O–H groups in total. The maximum absolute atomic E-state index is 2.60. The lowest BCUT2D eigenvalue weighted by Crippen LogP contribution is -2.21. The van der Waals surface area contributed by atoms with Crippen LogP contribution in [0.4, 0.5) is 0 Å². The van der Waals surface area contributed by atoms with Crippen molar-refractivity contribution in [2.45, 2.75) is 58.3 Å². The van der Waals surface area contributed by atoms with Crippen LogP contribution in [-0.4, -0.2) is 41.1 Å². The Bertz CT molecular complexity index is 176. The van der Waals surface area contributed by atoms with E-state index in [1.807, 2.05) is 0 Å². The zero-order chi connectivity index (χ0) is 12.9. The summed E-state index contributed by atoms with van der Waals surface area (Å²) in [5, 5.41) is 0. The van der Waals surface area contributed by atoms with Crippen molar-refractivity contribution in [3.8, 4) is 0 Å². The first-order valence-electron chi connectivity index (χ1n) is 7.81. The van der Waals surface area contributed by atoms with Gasteiger partial charge in [-0.05, 0) is 30.9 Å². The molecule has 1 fully saturated rings. The minimum absolute atomic E-state index is 0. The van der Waals surface area contributed by atoms with Crippen molar-refractivity contribution in [2.24, 2.45) is 0 Å². The highest BCUT2D eigenvalue weighted by molar-refractivity contribution is 7.99. The lowest BCUT2D eigenvalue weighted by atomic mass is 10.1. The van der Waals surface area contributed by atoms with E-state index in [4.69, 9.17) is 0 Å². The average Bonchev–Trinajstić information content (AvgIpc) is 2.89. The largest absolute Gasteiger partial charge is 0.293 e. The van der Waals surface area contributed by atoms with E-state index in [9.17, 15) is 0 Å². The molecule has 19 heavy (non-hydrogen) atoms. The van der Waals surface area contributed by atoms with Gasteiger partial charge in [-0.25, -0.2) is 0 Å². The number of unbranched alkanes of at least 4 members (excludes halogenated alkanes) is 6. The summed E-state index contributed by atoms with van der Waals surface area (Å²) in [6, 6.07) is 0. The van der Waals surface area contributed by atoms with Gasteiger partial charge in [0.15, 0.2) is 0 Å². The van der Waals surface area contributed by atoms with Crippen LogP contribution in [0.2, 0.25) is 0 Å². The van der Waals surface area contributed by atoms with Gasteiger partial charge in [-0.3, -0.25) is 4.90 Å². The summed E-state index contributed by atoms with van der Waals surface area (Å²) in [7, 11) is 0. The summed E-state index contributed by atoms with van der Waals surface area (Å²) in [5.74, 6) is 5.40. The van der Waals surface area contributed by atoms with Crippen LogP contribution in [0.15, 0.2) is 0 Å². The minimum atomic E-state index is 0. The molecule has 0 aliphatic carbocycles. The Morgan fingerprint density at radius 1 is 0.947 bits per heavy atom. The van der Waals surface area contributed by atoms with Gasteiger partial charge in [0.25, 0.3) is 0 Å². The van der Waals surface area contributed by atoms with Crippen molar-refractivity contribution in [1.29, 1.82) is 0 Å². The molecule has 1 aliphatic heterocycles. The van der Waals surface area contributed by atoms with E-state index >= 15 is 0 Å². The van der Waals surface area contributed by atoms with Crippen molar-refractivity contribution in [3.63, 3.8) is 0 Å². The van der Waals surface area contributed by atoms with Crippen LogP contribution in [0.3, 0.4) is 0 Å². The summed E-state index contributed by atoms with van der Waals surface area (Å²) < 4.78 is 0. The van der Waals surface area contributed by atoms with Crippen LogP contribution in [0.25, 0.3) is 0 Å². The Balaban J connectivity index is 0.00000324. The molecule has 1 saturated heterocycles. The van der Waals surface area contributed by atoms with Gasteiger partial charge in [-0.2, -0.15) is 11.8 Å². The lowest BCUT2D eigenvalue weighted by Gasteiger charge is -2.12. The number of halogens is 1. The second kappa shape index (κ2) is 15.3. The molecule has 0 aromatic rings. The van der Waals surface area contributed by atoms with Crippen LogP contribution < -0.4 is 0 Å². The van der Waals surface area contributed by atoms with Gasteiger partial charge in [-0.15, -0.1) is 24.2 Å². The lowest BCUT2D eigenvalue weighted by molar-refractivity contribution is 0.358. The van der Waals surface area contributed by atoms with E-state index in [-0.39, 0.29) is 12.4 Å². The Hall–Kier alpha value is 0.950. The normalized spacial score (nSPS) is 15.6. The molecule has 0 spiro atoms. The first-order chi connectivity index (χ1) is 8.93. The maximum atomic E-state index is 2.60. The van der Waals surface area contributed by atoms with Crippen molar-refractivity contribution >= 4 is 35.9 Å². The summed E-state index contributed by atoms with van der Waals surface area (Å²) in [6.45, 7) is 4.95. The van der Waals surface area contributed by atoms with Crippen molar-refractivity contribution in [3.05, 3.63) is 0 Å². The SMILES string of the molecule is CCCCCCCCCSCCCN1CCSC1.Cl. The Kier molecular flexibility index (Phi) is 16.1. The van der Waals surface area contributed by atoms with Gasteiger partial charge < -0.3 is 0 Å². The third kappa shape index (κ3) is 12.4. The first kappa shape index (κ1) is 19.9. The quantitative estimate of drug-likeness (QED) is 0.449. The Labute approximate surface area is 135 Å². The number of nitrogens with zero attached hydrogens (tertiary/aromatic N) is 1. The first-order valence-corrected chi connectivity index (χ1v) is 10.1. The van der Waals surface area contributed by atoms with Gasteiger partial charge in [0.1, 0.15) is 0 Å². The van der Waals surface area contributed by atoms with Gasteiger partial charge in [0.2, 0.25) is 0 Å². The second-order valence-corrected chi connectivity index (χ2v) is 7.54. The Morgan fingerprint density at radius 2 is 1.63 bits per heavy atom. The van der Waals surface area contributed by atoms with Crippen molar-refractivity contribution < 1.29 is 0 Å². The maximum Gasteiger partial charge on any atom is 0.0445 e. The predicted octanol–water partition coefficient (Wildman–Crippen LogP) is 5.29. The van der Waals surface area contributed by atoms with E-state index in [0.717, 1.165) is 0 Å². The van der Waals surface area contributed by atoms with E-state index in [0.29, 0.717) is 0 Å². The van der Waals surface area contributed by atoms with Crippen LogP contribution in [-0.2, 0) is 0 Å². The molecule has 0 aromatic heterocycles. The molecule has 1 nitrogen and oxygen atoms in total. The number of thioether (sulfide) groups is 2. The van der Waals surface area contributed by atoms with Crippen LogP contribution in [0.1, 0.15) is 58.3 Å². The standard InChI is InChI=1S/C15H31NS2.ClH/c1-2-3-4-5-6-7-8-12-17-13-9-10-16-11-14-18-15-16;/h2-15H2,1H3;1H. The topological polar surface area (TPSA) is 3.24 Å². The molecule has 0 radical (unpaired) electrons. The molecule has 0 aromatic carbocycles. The highest BCUT2D eigenvalue weighted by atomic mass is 35.5. The summed E-state index contributed by atoms with van der Waals surface area (Å²) in [6.07, 6.45) is 11.5. The monoisotopic (exact) mass is 325 g/mol. The molecule has 0 amide bonds. The number of rotatable bonds is 12. The molecule has 116 valence electrons. The van der Waals surface area contributed by atoms with Gasteiger partial charge in [0.05, 0.1) is 0 Å². The zero-order valence-electron chi connectivity index (χ0n) is 12.6. The fraction of sp³-hybridized carbons (Fsp3) is 1.00. The van der Waals surface area contributed by atoms with E-state index in [1.54, 1.807) is 0 Å². The smallest absolute Gasteiger partial charge is 0.0445 e. The minimum Gasteiger partial charge on any atom is -0.293 e. The number of hydrogen-bond acceptors (Lipinski definition) is 3. The van der Waals surface area contributed by atoms with Crippen molar-refractivity contribution in [2.75, 3.05) is 36.2 Å². The molecular weight excluding hydrogens is 294 g/mol. The third-order valence-electron chi connectivity index (χ3n) is 3.48. The van der Waals surface area contributed by atoms with Crippen molar-refractivity contribution in [1.82, 2.24) is 4.90 Å². The van der Waals surface area contributed by atoms with Gasteiger partial charge in [0, 0.05) is 18.2 Å². The third-order valence-corrected chi connectivity index (χ3v) is 5.65. The Morgan fingerprint density at radius 3 is 2.32 bits per heavy atom. The number of hydrogen-bond donors (Lipinski definition) is 0. The van der Waals surface area contributed by atoms with Gasteiger partial charge in [-0.1, -0.05) is 45.4 Å². The molecule has 0 saturated carbocycles. The van der Waals surface area contributed by atoms with E-state index < -0.39 is 0 Å². The molecule has 1 aliphatic rings. The predicted molar refractivity (Wildman–Crippen MR) is 96.1 cm³/mol. The summed E-state index contributed by atoms with van der Waals surface area (Å²) in [5.41, 5.74) is 0. The summed E-state index contributed by atoms with van der Waals surface area (Å²) in [4.78, 5) is 2.60. The van der Waals surface area contributed by atoms with E-state index in [2.05, 4.69) is 35.3 Å². The fourth-order valence-corrected chi connectivity index (χ4v) is 4.26. The molecule has 1 rings (SSSR count). The van der Waals surface area contributed by atoms with Gasteiger partial charge >= 0.3 is 0 Å². The fourth-order valence-electron chi connectivity index (χ4n) is 2.28. The molecular formula is C15H32ClNS2.